The van der Waals surface area contributed by atoms with Crippen LogP contribution < -0.4 is 5.32 Å². The zero-order valence-electron chi connectivity index (χ0n) is 13.1. The number of carboxylic acids is 1. The number of amides is 3. The third-order valence-corrected chi connectivity index (χ3v) is 4.03. The summed E-state index contributed by atoms with van der Waals surface area (Å²) in [7, 11) is 0. The Balaban J connectivity index is 2.40. The first-order chi connectivity index (χ1) is 9.76. The number of likely N-dealkylation sites (tertiary alicyclic amines) is 1. The fourth-order valence-corrected chi connectivity index (χ4v) is 2.55. The number of nitrogens with one attached hydrogen (secondary N) is 1. The van der Waals surface area contributed by atoms with Crippen molar-refractivity contribution in [3.05, 3.63) is 0 Å². The van der Waals surface area contributed by atoms with E-state index in [1.807, 2.05) is 0 Å². The molecule has 0 bridgehead atoms. The molecule has 1 rings (SSSR count). The SMILES string of the molecule is CCCC1CCN(C(=O)NC(=O)CC(C)(C)C(=O)O)CC1. The summed E-state index contributed by atoms with van der Waals surface area (Å²) < 4.78 is 0. The van der Waals surface area contributed by atoms with E-state index in [-0.39, 0.29) is 6.42 Å². The molecule has 1 fully saturated rings. The molecule has 21 heavy (non-hydrogen) atoms. The number of hydrogen-bond acceptors (Lipinski definition) is 3. The van der Waals surface area contributed by atoms with Crippen molar-refractivity contribution in [2.45, 2.75) is 52.9 Å². The van der Waals surface area contributed by atoms with Gasteiger partial charge in [0.15, 0.2) is 0 Å². The number of nitrogens with zero attached hydrogens (tertiary/aromatic N) is 1. The van der Waals surface area contributed by atoms with Gasteiger partial charge in [0.2, 0.25) is 5.91 Å². The van der Waals surface area contributed by atoms with E-state index in [0.717, 1.165) is 19.3 Å². The van der Waals surface area contributed by atoms with Gasteiger partial charge in [-0.15, -0.1) is 0 Å². The van der Waals surface area contributed by atoms with Crippen LogP contribution in [0, 0.1) is 11.3 Å². The quantitative estimate of drug-likeness (QED) is 0.815. The Morgan fingerprint density at radius 1 is 1.24 bits per heavy atom. The predicted molar refractivity (Wildman–Crippen MR) is 78.8 cm³/mol. The number of imide groups is 1. The number of carboxylic acid groups (broad SMARTS) is 1. The average Bonchev–Trinajstić information content (AvgIpc) is 2.38. The molecule has 0 aliphatic carbocycles. The minimum absolute atomic E-state index is 0.208. The molecule has 0 aromatic heterocycles. The lowest BCUT2D eigenvalue weighted by molar-refractivity contribution is -0.149. The summed E-state index contributed by atoms with van der Waals surface area (Å²) in [6.07, 6.45) is 4.06. The topological polar surface area (TPSA) is 86.7 Å². The first kappa shape index (κ1) is 17.5. The Hall–Kier alpha value is -1.59. The number of urea groups is 1. The maximum atomic E-state index is 12.0. The molecule has 0 unspecified atom stereocenters. The summed E-state index contributed by atoms with van der Waals surface area (Å²) in [6.45, 7) is 6.41. The van der Waals surface area contributed by atoms with Crippen molar-refractivity contribution < 1.29 is 19.5 Å². The third kappa shape index (κ3) is 5.36. The smallest absolute Gasteiger partial charge is 0.324 e. The Morgan fingerprint density at radius 2 is 1.81 bits per heavy atom. The summed E-state index contributed by atoms with van der Waals surface area (Å²) in [5.41, 5.74) is -1.17. The molecule has 2 N–H and O–H groups in total. The Labute approximate surface area is 125 Å². The van der Waals surface area contributed by atoms with Gasteiger partial charge in [-0.3, -0.25) is 14.9 Å². The molecular formula is C15H26N2O4. The lowest BCUT2D eigenvalue weighted by Gasteiger charge is -2.31. The van der Waals surface area contributed by atoms with Crippen molar-refractivity contribution in [1.82, 2.24) is 10.2 Å². The summed E-state index contributed by atoms with van der Waals surface area (Å²) >= 11 is 0. The number of aliphatic carboxylic acids is 1. The van der Waals surface area contributed by atoms with Crippen LogP contribution in [0.5, 0.6) is 0 Å². The van der Waals surface area contributed by atoms with Gasteiger partial charge < -0.3 is 10.0 Å². The fraction of sp³-hybridized carbons (Fsp3) is 0.800. The highest BCUT2D eigenvalue weighted by molar-refractivity contribution is 5.96. The monoisotopic (exact) mass is 298 g/mol. The predicted octanol–water partition coefficient (Wildman–Crippen LogP) is 2.24. The molecule has 0 atom stereocenters. The van der Waals surface area contributed by atoms with Crippen LogP contribution in [0.25, 0.3) is 0 Å². The summed E-state index contributed by atoms with van der Waals surface area (Å²) in [4.78, 5) is 36.3. The van der Waals surface area contributed by atoms with Gasteiger partial charge in [-0.05, 0) is 32.6 Å². The molecule has 1 aliphatic rings. The van der Waals surface area contributed by atoms with Gasteiger partial charge in [-0.2, -0.15) is 0 Å². The van der Waals surface area contributed by atoms with E-state index in [2.05, 4.69) is 12.2 Å². The van der Waals surface area contributed by atoms with E-state index in [1.54, 1.807) is 4.90 Å². The third-order valence-electron chi connectivity index (χ3n) is 4.03. The number of carbonyl (C=O) groups excluding carboxylic acids is 2. The molecule has 6 nitrogen and oxygen atoms in total. The summed E-state index contributed by atoms with van der Waals surface area (Å²) in [5, 5.41) is 11.3. The Kier molecular flexibility index (Phi) is 6.18. The summed E-state index contributed by atoms with van der Waals surface area (Å²) in [5.74, 6) is -0.922. The molecule has 1 aliphatic heterocycles. The highest BCUT2D eigenvalue weighted by Gasteiger charge is 2.31. The van der Waals surface area contributed by atoms with Crippen LogP contribution in [-0.2, 0) is 9.59 Å². The first-order valence-corrected chi connectivity index (χ1v) is 7.58. The van der Waals surface area contributed by atoms with Gasteiger partial charge in [0, 0.05) is 19.5 Å². The molecule has 0 aromatic carbocycles. The van der Waals surface area contributed by atoms with E-state index >= 15 is 0 Å². The van der Waals surface area contributed by atoms with Gasteiger partial charge in [-0.1, -0.05) is 19.8 Å². The highest BCUT2D eigenvalue weighted by atomic mass is 16.4. The number of rotatable bonds is 5. The van der Waals surface area contributed by atoms with Crippen molar-refractivity contribution >= 4 is 17.9 Å². The van der Waals surface area contributed by atoms with Crippen molar-refractivity contribution in [2.75, 3.05) is 13.1 Å². The van der Waals surface area contributed by atoms with Crippen LogP contribution in [-0.4, -0.2) is 41.0 Å². The van der Waals surface area contributed by atoms with Gasteiger partial charge in [0.1, 0.15) is 0 Å². The average molecular weight is 298 g/mol. The highest BCUT2D eigenvalue weighted by Crippen LogP contribution is 2.22. The zero-order chi connectivity index (χ0) is 16.0. The van der Waals surface area contributed by atoms with Crippen molar-refractivity contribution in [2.24, 2.45) is 11.3 Å². The van der Waals surface area contributed by atoms with E-state index in [1.165, 1.54) is 20.3 Å². The number of piperidine rings is 1. The van der Waals surface area contributed by atoms with Crippen molar-refractivity contribution in [1.29, 1.82) is 0 Å². The van der Waals surface area contributed by atoms with E-state index < -0.39 is 23.3 Å². The molecule has 120 valence electrons. The molecule has 0 radical (unpaired) electrons. The molecule has 1 saturated heterocycles. The van der Waals surface area contributed by atoms with Crippen LogP contribution in [0.15, 0.2) is 0 Å². The van der Waals surface area contributed by atoms with Crippen LogP contribution in [0.2, 0.25) is 0 Å². The summed E-state index contributed by atoms with van der Waals surface area (Å²) in [6, 6.07) is -0.406. The maximum absolute atomic E-state index is 12.0. The van der Waals surface area contributed by atoms with Crippen LogP contribution in [0.4, 0.5) is 4.79 Å². The maximum Gasteiger partial charge on any atom is 0.324 e. The largest absolute Gasteiger partial charge is 0.481 e. The van der Waals surface area contributed by atoms with Gasteiger partial charge >= 0.3 is 12.0 Å². The number of carbonyl (C=O) groups is 3. The Bertz CT molecular complexity index is 398. The second kappa shape index (κ2) is 7.43. The zero-order valence-corrected chi connectivity index (χ0v) is 13.1. The van der Waals surface area contributed by atoms with E-state index in [0.29, 0.717) is 19.0 Å². The van der Waals surface area contributed by atoms with Crippen LogP contribution in [0.1, 0.15) is 52.9 Å². The molecule has 0 saturated carbocycles. The van der Waals surface area contributed by atoms with Crippen LogP contribution in [0.3, 0.4) is 0 Å². The second-order valence-electron chi connectivity index (χ2n) is 6.44. The molecule has 0 aromatic rings. The fourth-order valence-electron chi connectivity index (χ4n) is 2.55. The van der Waals surface area contributed by atoms with Crippen molar-refractivity contribution in [3.8, 4) is 0 Å². The minimum atomic E-state index is -1.17. The molecule has 0 spiro atoms. The van der Waals surface area contributed by atoms with Gasteiger partial charge in [-0.25, -0.2) is 4.79 Å². The molecular weight excluding hydrogens is 272 g/mol. The Morgan fingerprint density at radius 3 is 2.29 bits per heavy atom. The van der Waals surface area contributed by atoms with Gasteiger partial charge in [0.05, 0.1) is 5.41 Å². The lowest BCUT2D eigenvalue weighted by atomic mass is 9.89. The molecule has 6 heteroatoms. The molecule has 3 amide bonds. The van der Waals surface area contributed by atoms with E-state index in [4.69, 9.17) is 5.11 Å². The van der Waals surface area contributed by atoms with Crippen LogP contribution >= 0.6 is 0 Å². The van der Waals surface area contributed by atoms with E-state index in [9.17, 15) is 14.4 Å². The lowest BCUT2D eigenvalue weighted by Crippen LogP contribution is -2.47. The first-order valence-electron chi connectivity index (χ1n) is 7.58. The number of hydrogen-bond donors (Lipinski definition) is 2. The van der Waals surface area contributed by atoms with Crippen molar-refractivity contribution in [3.63, 3.8) is 0 Å². The molecule has 1 heterocycles. The standard InChI is InChI=1S/C15H26N2O4/c1-4-5-11-6-8-17(9-7-11)14(21)16-12(18)10-15(2,3)13(19)20/h11H,4-10H2,1-3H3,(H,19,20)(H,16,18,21). The minimum Gasteiger partial charge on any atom is -0.481 e. The second-order valence-corrected chi connectivity index (χ2v) is 6.44. The normalized spacial score (nSPS) is 16.6. The van der Waals surface area contributed by atoms with Gasteiger partial charge in [0.25, 0.3) is 0 Å².